The monoisotopic (exact) mass is 254 g/mol. The average Bonchev–Trinajstić information content (AvgIpc) is 2.29. The van der Waals surface area contributed by atoms with Crippen LogP contribution >= 0.6 is 0 Å². The Labute approximate surface area is 102 Å². The van der Waals surface area contributed by atoms with Gasteiger partial charge in [0, 0.05) is 6.54 Å². The largest absolute Gasteiger partial charge is 0.312 e. The molecule has 0 amide bonds. The minimum Gasteiger partial charge on any atom is -0.312 e. The minimum atomic E-state index is -3.26. The van der Waals surface area contributed by atoms with Crippen LogP contribution in [0.3, 0.4) is 0 Å². The first-order chi connectivity index (χ1) is 8.00. The molecule has 0 bridgehead atoms. The van der Waals surface area contributed by atoms with Crippen molar-refractivity contribution < 1.29 is 8.42 Å². The van der Waals surface area contributed by atoms with E-state index in [0.29, 0.717) is 5.69 Å². The highest BCUT2D eigenvalue weighted by Crippen LogP contribution is 2.24. The predicted octanol–water partition coefficient (Wildman–Crippen LogP) is 1.48. The highest BCUT2D eigenvalue weighted by Gasteiger charge is 2.19. The fraction of sp³-hybridized carbons (Fsp3) is 0.500. The molecule has 2 rings (SSSR count). The number of hydrogen-bond donors (Lipinski definition) is 2. The minimum absolute atomic E-state index is 0.421. The second-order valence-corrected chi connectivity index (χ2v) is 6.80. The number of nitrogens with one attached hydrogen (secondary N) is 2. The van der Waals surface area contributed by atoms with Crippen LogP contribution in [0.1, 0.15) is 25.0 Å². The molecule has 5 heteroatoms. The summed E-state index contributed by atoms with van der Waals surface area (Å²) in [6.07, 6.45) is 0.951. The van der Waals surface area contributed by atoms with Gasteiger partial charge in [-0.15, -0.1) is 0 Å². The lowest BCUT2D eigenvalue weighted by atomic mass is 10.00. The molecular formula is C12H18N2O2S. The van der Waals surface area contributed by atoms with Crippen LogP contribution in [0.15, 0.2) is 18.2 Å². The molecule has 17 heavy (non-hydrogen) atoms. The van der Waals surface area contributed by atoms with Crippen molar-refractivity contribution in [1.82, 2.24) is 5.32 Å². The normalized spacial score (nSPS) is 15.7. The first-order valence-corrected chi connectivity index (χ1v) is 7.38. The smallest absolute Gasteiger partial charge is 0.235 e. The molecule has 1 aliphatic rings. The van der Waals surface area contributed by atoms with E-state index < -0.39 is 15.3 Å². The molecule has 94 valence electrons. The van der Waals surface area contributed by atoms with E-state index in [1.54, 1.807) is 13.8 Å². The highest BCUT2D eigenvalue weighted by atomic mass is 32.2. The molecule has 0 saturated carbocycles. The summed E-state index contributed by atoms with van der Waals surface area (Å²) in [4.78, 5) is 0. The number of anilines is 1. The summed E-state index contributed by atoms with van der Waals surface area (Å²) < 4.78 is 26.4. The second-order valence-electron chi connectivity index (χ2n) is 4.57. The Bertz CT molecular complexity index is 509. The Morgan fingerprint density at radius 3 is 2.82 bits per heavy atom. The fourth-order valence-electron chi connectivity index (χ4n) is 1.88. The lowest BCUT2D eigenvalue weighted by Gasteiger charge is -2.21. The molecule has 0 radical (unpaired) electrons. The third kappa shape index (κ3) is 2.61. The van der Waals surface area contributed by atoms with Crippen molar-refractivity contribution in [2.75, 3.05) is 11.3 Å². The molecule has 0 spiro atoms. The van der Waals surface area contributed by atoms with E-state index >= 15 is 0 Å². The summed E-state index contributed by atoms with van der Waals surface area (Å²) in [5.41, 5.74) is 3.01. The molecule has 0 saturated heterocycles. The maximum absolute atomic E-state index is 11.9. The predicted molar refractivity (Wildman–Crippen MR) is 69.5 cm³/mol. The summed E-state index contributed by atoms with van der Waals surface area (Å²) in [5, 5.41) is 2.84. The van der Waals surface area contributed by atoms with Gasteiger partial charge in [0.25, 0.3) is 0 Å². The first-order valence-electron chi connectivity index (χ1n) is 5.84. The third-order valence-electron chi connectivity index (χ3n) is 3.02. The zero-order chi connectivity index (χ0) is 12.5. The summed E-state index contributed by atoms with van der Waals surface area (Å²) >= 11 is 0. The molecule has 0 fully saturated rings. The van der Waals surface area contributed by atoms with E-state index in [1.165, 1.54) is 5.56 Å². The first kappa shape index (κ1) is 12.4. The van der Waals surface area contributed by atoms with Gasteiger partial charge in [0.1, 0.15) is 0 Å². The number of benzene rings is 1. The van der Waals surface area contributed by atoms with Gasteiger partial charge in [-0.1, -0.05) is 12.1 Å². The number of fused-ring (bicyclic) bond motifs is 1. The zero-order valence-electron chi connectivity index (χ0n) is 10.2. The number of sulfonamides is 1. The van der Waals surface area contributed by atoms with Gasteiger partial charge in [-0.25, -0.2) is 8.42 Å². The summed E-state index contributed by atoms with van der Waals surface area (Å²) in [5.74, 6) is 0. The standard InChI is InChI=1S/C12H18N2O2S/c1-9(2)17(15,16)14-12-5-3-4-10-6-7-13-8-11(10)12/h3-5,9,13-14H,6-8H2,1-2H3. The van der Waals surface area contributed by atoms with E-state index in [9.17, 15) is 8.42 Å². The lowest BCUT2D eigenvalue weighted by Crippen LogP contribution is -2.27. The van der Waals surface area contributed by atoms with Crippen LogP contribution in [-0.4, -0.2) is 20.2 Å². The molecule has 0 aromatic heterocycles. The summed E-state index contributed by atoms with van der Waals surface area (Å²) in [6.45, 7) is 5.03. The van der Waals surface area contributed by atoms with E-state index in [1.807, 2.05) is 12.1 Å². The molecule has 1 aromatic carbocycles. The summed E-state index contributed by atoms with van der Waals surface area (Å²) in [6, 6.07) is 5.79. The fourth-order valence-corrected chi connectivity index (χ4v) is 2.61. The zero-order valence-corrected chi connectivity index (χ0v) is 11.0. The molecule has 0 aliphatic carbocycles. The lowest BCUT2D eigenvalue weighted by molar-refractivity contribution is 0.592. The van der Waals surface area contributed by atoms with Crippen molar-refractivity contribution in [3.05, 3.63) is 29.3 Å². The highest BCUT2D eigenvalue weighted by molar-refractivity contribution is 7.93. The van der Waals surface area contributed by atoms with Crippen LogP contribution in [0, 0.1) is 0 Å². The van der Waals surface area contributed by atoms with Gasteiger partial charge >= 0.3 is 0 Å². The van der Waals surface area contributed by atoms with Gasteiger partial charge in [-0.05, 0) is 44.0 Å². The molecule has 0 atom stereocenters. The topological polar surface area (TPSA) is 58.2 Å². The van der Waals surface area contributed by atoms with Gasteiger partial charge in [0.05, 0.1) is 10.9 Å². The van der Waals surface area contributed by atoms with Crippen molar-refractivity contribution in [1.29, 1.82) is 0 Å². The van der Waals surface area contributed by atoms with Crippen molar-refractivity contribution in [3.8, 4) is 0 Å². The van der Waals surface area contributed by atoms with Crippen LogP contribution in [-0.2, 0) is 23.0 Å². The Morgan fingerprint density at radius 2 is 2.12 bits per heavy atom. The van der Waals surface area contributed by atoms with Crippen LogP contribution in [0.5, 0.6) is 0 Å². The van der Waals surface area contributed by atoms with E-state index in [0.717, 1.165) is 25.1 Å². The van der Waals surface area contributed by atoms with E-state index in [-0.39, 0.29) is 0 Å². The van der Waals surface area contributed by atoms with Crippen LogP contribution < -0.4 is 10.0 Å². The van der Waals surface area contributed by atoms with Crippen molar-refractivity contribution >= 4 is 15.7 Å². The van der Waals surface area contributed by atoms with Crippen LogP contribution in [0.2, 0.25) is 0 Å². The average molecular weight is 254 g/mol. The van der Waals surface area contributed by atoms with Crippen molar-refractivity contribution in [2.45, 2.75) is 32.1 Å². The third-order valence-corrected chi connectivity index (χ3v) is 4.76. The van der Waals surface area contributed by atoms with Crippen LogP contribution in [0.25, 0.3) is 0 Å². The molecule has 4 nitrogen and oxygen atoms in total. The van der Waals surface area contributed by atoms with E-state index in [4.69, 9.17) is 0 Å². The molecule has 2 N–H and O–H groups in total. The van der Waals surface area contributed by atoms with Gasteiger partial charge in [0.15, 0.2) is 0 Å². The molecule has 1 heterocycles. The number of hydrogen-bond acceptors (Lipinski definition) is 3. The van der Waals surface area contributed by atoms with Gasteiger partial charge in [-0.3, -0.25) is 4.72 Å². The second kappa shape index (κ2) is 4.66. The Kier molecular flexibility index (Phi) is 3.40. The Morgan fingerprint density at radius 1 is 1.35 bits per heavy atom. The van der Waals surface area contributed by atoms with Gasteiger partial charge in [0.2, 0.25) is 10.0 Å². The Balaban J connectivity index is 2.34. The van der Waals surface area contributed by atoms with Crippen molar-refractivity contribution in [2.24, 2.45) is 0 Å². The molecular weight excluding hydrogens is 236 g/mol. The number of rotatable bonds is 3. The maximum atomic E-state index is 11.9. The molecule has 0 unspecified atom stereocenters. The van der Waals surface area contributed by atoms with Crippen LogP contribution in [0.4, 0.5) is 5.69 Å². The quantitative estimate of drug-likeness (QED) is 0.859. The summed E-state index contributed by atoms with van der Waals surface area (Å²) in [7, 11) is -3.26. The van der Waals surface area contributed by atoms with Gasteiger partial charge < -0.3 is 5.32 Å². The Hall–Kier alpha value is -1.07. The van der Waals surface area contributed by atoms with E-state index in [2.05, 4.69) is 16.1 Å². The maximum Gasteiger partial charge on any atom is 0.235 e. The molecule has 1 aromatic rings. The van der Waals surface area contributed by atoms with Crippen molar-refractivity contribution in [3.63, 3.8) is 0 Å². The van der Waals surface area contributed by atoms with Gasteiger partial charge in [-0.2, -0.15) is 0 Å². The SMILES string of the molecule is CC(C)S(=O)(=O)Nc1cccc2c1CNCC2. The molecule has 1 aliphatic heterocycles.